The summed E-state index contributed by atoms with van der Waals surface area (Å²) in [5, 5.41) is 0. The van der Waals surface area contributed by atoms with E-state index in [1.54, 1.807) is 11.8 Å². The average Bonchev–Trinajstić information content (AvgIpc) is 2.61. The Morgan fingerprint density at radius 1 is 1.47 bits per heavy atom. The second-order valence-corrected chi connectivity index (χ2v) is 4.69. The van der Waals surface area contributed by atoms with Gasteiger partial charge in [-0.25, -0.2) is 0 Å². The van der Waals surface area contributed by atoms with E-state index in [1.807, 2.05) is 11.8 Å². The number of ether oxygens (including phenoxy) is 2. The van der Waals surface area contributed by atoms with Crippen molar-refractivity contribution in [1.29, 1.82) is 0 Å². The molecule has 0 fully saturated rings. The summed E-state index contributed by atoms with van der Waals surface area (Å²) in [5.41, 5.74) is 1.06. The molecule has 0 spiro atoms. The number of carbonyl (C=O) groups excluding carboxylic acids is 2. The molecule has 0 N–H and O–H groups in total. The molecule has 5 nitrogen and oxygen atoms in total. The smallest absolute Gasteiger partial charge is 0.325 e. The van der Waals surface area contributed by atoms with Crippen LogP contribution in [-0.2, 0) is 19.1 Å². The van der Waals surface area contributed by atoms with Crippen LogP contribution in [0.2, 0.25) is 0 Å². The molecular weight excluding hydrogens is 242 g/mol. The van der Waals surface area contributed by atoms with Crippen molar-refractivity contribution in [2.75, 3.05) is 26.1 Å². The Morgan fingerprint density at radius 2 is 2.18 bits per heavy atom. The fourth-order valence-corrected chi connectivity index (χ4v) is 2.62. The van der Waals surface area contributed by atoms with Gasteiger partial charge in [0.15, 0.2) is 0 Å². The van der Waals surface area contributed by atoms with Gasteiger partial charge in [0.25, 0.3) is 0 Å². The second-order valence-electron chi connectivity index (χ2n) is 3.65. The zero-order valence-corrected chi connectivity index (χ0v) is 11.1. The van der Waals surface area contributed by atoms with Gasteiger partial charge in [-0.1, -0.05) is 0 Å². The summed E-state index contributed by atoms with van der Waals surface area (Å²) in [6.45, 7) is 4.02. The van der Waals surface area contributed by atoms with Crippen molar-refractivity contribution in [1.82, 2.24) is 4.90 Å². The lowest BCUT2D eigenvalue weighted by molar-refractivity contribution is -0.141. The lowest BCUT2D eigenvalue weighted by Crippen LogP contribution is -2.26. The summed E-state index contributed by atoms with van der Waals surface area (Å²) in [4.78, 5) is 24.9. The average molecular weight is 259 g/mol. The molecule has 0 aliphatic carbocycles. The van der Waals surface area contributed by atoms with E-state index in [0.29, 0.717) is 13.0 Å². The Balaban J connectivity index is 2.44. The third-order valence-electron chi connectivity index (χ3n) is 2.45. The first-order valence-corrected chi connectivity index (χ1v) is 6.30. The van der Waals surface area contributed by atoms with Gasteiger partial charge in [-0.15, -0.1) is 11.8 Å². The van der Waals surface area contributed by atoms with Gasteiger partial charge in [0.1, 0.15) is 6.54 Å². The van der Waals surface area contributed by atoms with Crippen LogP contribution in [0.4, 0.5) is 0 Å². The van der Waals surface area contributed by atoms with Crippen LogP contribution in [0.5, 0.6) is 0 Å². The summed E-state index contributed by atoms with van der Waals surface area (Å²) in [6.07, 6.45) is 0.702. The third kappa shape index (κ3) is 4.30. The number of nitrogens with zero attached hydrogens (tertiary/aromatic N) is 1. The lowest BCUT2D eigenvalue weighted by atomic mass is 10.3. The Bertz CT molecular complexity index is 340. The van der Waals surface area contributed by atoms with Crippen molar-refractivity contribution in [3.05, 3.63) is 10.6 Å². The summed E-state index contributed by atoms with van der Waals surface area (Å²) >= 11 is 1.67. The van der Waals surface area contributed by atoms with E-state index in [1.165, 1.54) is 14.0 Å². The highest BCUT2D eigenvalue weighted by molar-refractivity contribution is 8.03. The summed E-state index contributed by atoms with van der Waals surface area (Å²) < 4.78 is 9.52. The predicted molar refractivity (Wildman–Crippen MR) is 65.1 cm³/mol. The summed E-state index contributed by atoms with van der Waals surface area (Å²) in [6, 6.07) is 0. The van der Waals surface area contributed by atoms with E-state index in [2.05, 4.69) is 4.74 Å². The molecule has 0 radical (unpaired) electrons. The Labute approximate surface area is 105 Å². The number of allylic oxidation sites excluding steroid dienone is 1. The quantitative estimate of drug-likeness (QED) is 0.695. The van der Waals surface area contributed by atoms with Gasteiger partial charge in [0, 0.05) is 23.9 Å². The van der Waals surface area contributed by atoms with Gasteiger partial charge in [-0.2, -0.15) is 0 Å². The topological polar surface area (TPSA) is 55.8 Å². The van der Waals surface area contributed by atoms with Crippen LogP contribution in [0.25, 0.3) is 0 Å². The van der Waals surface area contributed by atoms with Crippen LogP contribution in [0.1, 0.15) is 20.3 Å². The molecule has 0 aromatic carbocycles. The highest BCUT2D eigenvalue weighted by Crippen LogP contribution is 2.33. The first-order valence-electron chi connectivity index (χ1n) is 5.32. The van der Waals surface area contributed by atoms with E-state index in [4.69, 9.17) is 4.74 Å². The largest absolute Gasteiger partial charge is 0.468 e. The van der Waals surface area contributed by atoms with Crippen molar-refractivity contribution in [3.8, 4) is 0 Å². The molecule has 0 aromatic heterocycles. The molecule has 0 aromatic rings. The predicted octanol–water partition coefficient (Wildman–Crippen LogP) is 1.35. The minimum Gasteiger partial charge on any atom is -0.468 e. The Hall–Kier alpha value is -1.17. The van der Waals surface area contributed by atoms with Crippen LogP contribution in [0, 0.1) is 0 Å². The highest BCUT2D eigenvalue weighted by Gasteiger charge is 2.21. The maximum Gasteiger partial charge on any atom is 0.325 e. The van der Waals surface area contributed by atoms with Crippen molar-refractivity contribution in [2.45, 2.75) is 20.3 Å². The number of rotatable bonds is 5. The SMILES string of the molecule is COC(=O)CN1CSC(CCOC(C)=O)=C1C. The molecule has 96 valence electrons. The van der Waals surface area contributed by atoms with Crippen molar-refractivity contribution in [2.24, 2.45) is 0 Å². The Morgan fingerprint density at radius 3 is 2.76 bits per heavy atom. The monoisotopic (exact) mass is 259 g/mol. The molecule has 17 heavy (non-hydrogen) atoms. The fraction of sp³-hybridized carbons (Fsp3) is 0.636. The number of hydrogen-bond donors (Lipinski definition) is 0. The standard InChI is InChI=1S/C11H17NO4S/c1-8-10(4-5-16-9(2)13)17-7-12(8)6-11(14)15-3/h4-7H2,1-3H3. The van der Waals surface area contributed by atoms with Crippen molar-refractivity contribution < 1.29 is 19.1 Å². The maximum atomic E-state index is 11.2. The molecule has 0 atom stereocenters. The van der Waals surface area contributed by atoms with Gasteiger partial charge in [0.05, 0.1) is 19.6 Å². The second kappa shape index (κ2) is 6.54. The van der Waals surface area contributed by atoms with Gasteiger partial charge in [-0.05, 0) is 6.92 Å². The molecule has 0 amide bonds. The molecule has 0 bridgehead atoms. The third-order valence-corrected chi connectivity index (χ3v) is 3.74. The highest BCUT2D eigenvalue weighted by atomic mass is 32.2. The van der Waals surface area contributed by atoms with Gasteiger partial charge < -0.3 is 14.4 Å². The first-order chi connectivity index (χ1) is 8.04. The Kier molecular flexibility index (Phi) is 5.34. The van der Waals surface area contributed by atoms with Gasteiger partial charge in [0.2, 0.25) is 0 Å². The minimum atomic E-state index is -0.266. The number of thioether (sulfide) groups is 1. The normalized spacial score (nSPS) is 15.1. The molecule has 6 heteroatoms. The maximum absolute atomic E-state index is 11.2. The van der Waals surface area contributed by atoms with Crippen LogP contribution < -0.4 is 0 Å². The fourth-order valence-electron chi connectivity index (χ4n) is 1.46. The van der Waals surface area contributed by atoms with Gasteiger partial charge >= 0.3 is 11.9 Å². The van der Waals surface area contributed by atoms with Crippen LogP contribution >= 0.6 is 11.8 Å². The zero-order chi connectivity index (χ0) is 12.8. The number of esters is 2. The molecule has 1 aliphatic rings. The van der Waals surface area contributed by atoms with E-state index < -0.39 is 0 Å². The zero-order valence-electron chi connectivity index (χ0n) is 10.3. The summed E-state index contributed by atoms with van der Waals surface area (Å²) in [7, 11) is 1.38. The molecule has 1 rings (SSSR count). The lowest BCUT2D eigenvalue weighted by Gasteiger charge is -2.17. The van der Waals surface area contributed by atoms with E-state index >= 15 is 0 Å². The molecule has 1 heterocycles. The van der Waals surface area contributed by atoms with E-state index in [0.717, 1.165) is 16.5 Å². The molecule has 0 saturated carbocycles. The minimum absolute atomic E-state index is 0.244. The molecular formula is C11H17NO4S. The van der Waals surface area contributed by atoms with Crippen LogP contribution in [0.15, 0.2) is 10.6 Å². The molecule has 1 aliphatic heterocycles. The molecule has 0 unspecified atom stereocenters. The number of methoxy groups -OCH3 is 1. The van der Waals surface area contributed by atoms with Crippen LogP contribution in [0.3, 0.4) is 0 Å². The van der Waals surface area contributed by atoms with E-state index in [-0.39, 0.29) is 18.5 Å². The first kappa shape index (κ1) is 13.9. The van der Waals surface area contributed by atoms with Crippen molar-refractivity contribution in [3.63, 3.8) is 0 Å². The number of hydrogen-bond acceptors (Lipinski definition) is 6. The summed E-state index contributed by atoms with van der Waals surface area (Å²) in [5.74, 6) is 0.236. The molecule has 0 saturated heterocycles. The van der Waals surface area contributed by atoms with Crippen LogP contribution in [-0.4, -0.2) is 43.0 Å². The van der Waals surface area contributed by atoms with E-state index in [9.17, 15) is 9.59 Å². The van der Waals surface area contributed by atoms with Gasteiger partial charge in [-0.3, -0.25) is 9.59 Å². The number of carbonyl (C=O) groups is 2. The van der Waals surface area contributed by atoms with Crippen molar-refractivity contribution >= 4 is 23.7 Å².